The highest BCUT2D eigenvalue weighted by Gasteiger charge is 2.07. The number of allylic oxidation sites excluding steroid dienone is 1. The zero-order valence-corrected chi connectivity index (χ0v) is 10.6. The summed E-state index contributed by atoms with van der Waals surface area (Å²) in [7, 11) is 0. The highest BCUT2D eigenvalue weighted by Crippen LogP contribution is 2.16. The zero-order valence-electron chi connectivity index (χ0n) is 10.6. The van der Waals surface area contributed by atoms with Crippen LogP contribution in [0.2, 0.25) is 0 Å². The molecule has 1 aromatic heterocycles. The third-order valence-corrected chi connectivity index (χ3v) is 2.49. The number of carbonyl (C=O) groups excluding carboxylic acids is 1. The summed E-state index contributed by atoms with van der Waals surface area (Å²) in [6.07, 6.45) is 3.84. The Kier molecular flexibility index (Phi) is 4.07. The maximum absolute atomic E-state index is 13.1. The first-order valence-electron chi connectivity index (χ1n) is 5.78. The molecule has 0 unspecified atom stereocenters. The van der Waals surface area contributed by atoms with Gasteiger partial charge in [-0.2, -0.15) is 0 Å². The van der Waals surface area contributed by atoms with Gasteiger partial charge >= 0.3 is 5.97 Å². The molecule has 2 aromatic rings. The summed E-state index contributed by atoms with van der Waals surface area (Å²) in [4.78, 5) is 22.3. The van der Waals surface area contributed by atoms with E-state index in [0.717, 1.165) is 22.9 Å². The molecule has 7 nitrogen and oxygen atoms in total. The lowest BCUT2D eigenvalue weighted by Gasteiger charge is -1.97. The predicted molar refractivity (Wildman–Crippen MR) is 69.1 cm³/mol. The van der Waals surface area contributed by atoms with Crippen LogP contribution in [0.5, 0.6) is 5.75 Å². The molecule has 0 bridgehead atoms. The SMILES string of the molecule is O=C(O)Cn1cc(C=CC(=O)c2ccc(O)c(F)c2)nn1. The molecular weight excluding hydrogens is 281 g/mol. The number of ketones is 1. The highest BCUT2D eigenvalue weighted by atomic mass is 19.1. The van der Waals surface area contributed by atoms with Crippen LogP contribution in [0.25, 0.3) is 6.08 Å². The quantitative estimate of drug-likeness (QED) is 0.631. The Bertz CT molecular complexity index is 724. The van der Waals surface area contributed by atoms with Gasteiger partial charge in [0.05, 0.1) is 6.20 Å². The average Bonchev–Trinajstić information content (AvgIpc) is 2.86. The van der Waals surface area contributed by atoms with E-state index < -0.39 is 23.3 Å². The topological polar surface area (TPSA) is 105 Å². The number of carboxylic acid groups (broad SMARTS) is 1. The maximum atomic E-state index is 13.1. The van der Waals surface area contributed by atoms with Crippen LogP contribution in [-0.2, 0) is 11.3 Å². The van der Waals surface area contributed by atoms with Crippen molar-refractivity contribution in [3.05, 3.63) is 47.5 Å². The number of halogens is 1. The van der Waals surface area contributed by atoms with Crippen molar-refractivity contribution in [2.24, 2.45) is 0 Å². The lowest BCUT2D eigenvalue weighted by Crippen LogP contribution is -2.08. The summed E-state index contributed by atoms with van der Waals surface area (Å²) < 4.78 is 14.2. The Hall–Kier alpha value is -3.03. The summed E-state index contributed by atoms with van der Waals surface area (Å²) in [6.45, 7) is -0.335. The van der Waals surface area contributed by atoms with E-state index in [4.69, 9.17) is 10.2 Å². The molecule has 0 atom stereocenters. The van der Waals surface area contributed by atoms with Crippen molar-refractivity contribution in [2.45, 2.75) is 6.54 Å². The van der Waals surface area contributed by atoms with E-state index in [9.17, 15) is 14.0 Å². The van der Waals surface area contributed by atoms with Gasteiger partial charge < -0.3 is 10.2 Å². The molecule has 2 rings (SSSR count). The number of aromatic hydroxyl groups is 1. The summed E-state index contributed by atoms with van der Waals surface area (Å²) in [5, 5.41) is 24.8. The number of nitrogens with zero attached hydrogens (tertiary/aromatic N) is 3. The molecule has 0 amide bonds. The van der Waals surface area contributed by atoms with Crippen molar-refractivity contribution < 1.29 is 24.2 Å². The first-order valence-corrected chi connectivity index (χ1v) is 5.78. The number of rotatable bonds is 5. The second-order valence-corrected chi connectivity index (χ2v) is 4.10. The minimum Gasteiger partial charge on any atom is -0.505 e. The van der Waals surface area contributed by atoms with Crippen LogP contribution in [0.3, 0.4) is 0 Å². The number of carboxylic acids is 1. The van der Waals surface area contributed by atoms with Crippen LogP contribution >= 0.6 is 0 Å². The predicted octanol–water partition coefficient (Wildman–Crippen LogP) is 1.10. The van der Waals surface area contributed by atoms with Crippen LogP contribution < -0.4 is 0 Å². The molecule has 1 aromatic carbocycles. The standard InChI is InChI=1S/C13H10FN3O4/c14-10-5-8(1-3-12(10)19)11(18)4-2-9-6-17(16-15-9)7-13(20)21/h1-6,19H,7H2,(H,20,21). The molecule has 108 valence electrons. The number of phenolic OH excluding ortho intramolecular Hbond substituents is 1. The third kappa shape index (κ3) is 3.72. The van der Waals surface area contributed by atoms with E-state index in [0.29, 0.717) is 5.69 Å². The van der Waals surface area contributed by atoms with Gasteiger partial charge in [-0.05, 0) is 30.4 Å². The van der Waals surface area contributed by atoms with Gasteiger partial charge in [-0.25, -0.2) is 9.07 Å². The van der Waals surface area contributed by atoms with E-state index in [-0.39, 0.29) is 12.1 Å². The van der Waals surface area contributed by atoms with E-state index in [1.165, 1.54) is 18.3 Å². The molecule has 2 N–H and O–H groups in total. The average molecular weight is 291 g/mol. The van der Waals surface area contributed by atoms with Gasteiger partial charge in [0.2, 0.25) is 0 Å². The van der Waals surface area contributed by atoms with E-state index in [1.807, 2.05) is 0 Å². The van der Waals surface area contributed by atoms with Crippen molar-refractivity contribution in [1.29, 1.82) is 0 Å². The Labute approximate surface area is 117 Å². The minimum atomic E-state index is -1.06. The van der Waals surface area contributed by atoms with Crippen LogP contribution in [-0.4, -0.2) is 37.0 Å². The summed E-state index contributed by atoms with van der Waals surface area (Å²) >= 11 is 0. The number of aliphatic carboxylic acids is 1. The number of aromatic nitrogens is 3. The molecular formula is C13H10FN3O4. The fourth-order valence-electron chi connectivity index (χ4n) is 1.52. The number of hydrogen-bond acceptors (Lipinski definition) is 5. The second-order valence-electron chi connectivity index (χ2n) is 4.10. The van der Waals surface area contributed by atoms with Crippen molar-refractivity contribution in [1.82, 2.24) is 15.0 Å². The highest BCUT2D eigenvalue weighted by molar-refractivity contribution is 6.06. The van der Waals surface area contributed by atoms with Gasteiger partial charge in [0, 0.05) is 5.56 Å². The van der Waals surface area contributed by atoms with E-state index in [2.05, 4.69) is 10.3 Å². The Morgan fingerprint density at radius 2 is 2.14 bits per heavy atom. The number of carbonyl (C=O) groups is 2. The summed E-state index contributed by atoms with van der Waals surface area (Å²) in [6, 6.07) is 3.29. The van der Waals surface area contributed by atoms with E-state index >= 15 is 0 Å². The number of benzene rings is 1. The second kappa shape index (κ2) is 5.95. The fourth-order valence-corrected chi connectivity index (χ4v) is 1.52. The summed E-state index contributed by atoms with van der Waals surface area (Å²) in [5.41, 5.74) is 0.364. The Morgan fingerprint density at radius 3 is 2.81 bits per heavy atom. The monoisotopic (exact) mass is 291 g/mol. The van der Waals surface area contributed by atoms with Gasteiger partial charge in [-0.3, -0.25) is 9.59 Å². The van der Waals surface area contributed by atoms with Gasteiger partial charge in [-0.15, -0.1) is 5.10 Å². The van der Waals surface area contributed by atoms with Gasteiger partial charge in [-0.1, -0.05) is 5.21 Å². The molecule has 1 heterocycles. The lowest BCUT2D eigenvalue weighted by atomic mass is 10.1. The van der Waals surface area contributed by atoms with Crippen LogP contribution in [0.1, 0.15) is 16.1 Å². The molecule has 0 saturated carbocycles. The number of phenols is 1. The lowest BCUT2D eigenvalue weighted by molar-refractivity contribution is -0.137. The first kappa shape index (κ1) is 14.4. The fraction of sp³-hybridized carbons (Fsp3) is 0.0769. The van der Waals surface area contributed by atoms with Crippen LogP contribution in [0.4, 0.5) is 4.39 Å². The molecule has 0 saturated heterocycles. The molecule has 0 fully saturated rings. The Morgan fingerprint density at radius 1 is 1.38 bits per heavy atom. The number of hydrogen-bond donors (Lipinski definition) is 2. The van der Waals surface area contributed by atoms with Crippen molar-refractivity contribution in [2.75, 3.05) is 0 Å². The summed E-state index contributed by atoms with van der Waals surface area (Å²) in [5.74, 6) is -2.97. The zero-order chi connectivity index (χ0) is 15.4. The van der Waals surface area contributed by atoms with Crippen molar-refractivity contribution >= 4 is 17.8 Å². The van der Waals surface area contributed by atoms with Crippen LogP contribution in [0, 0.1) is 5.82 Å². The van der Waals surface area contributed by atoms with Gasteiger partial charge in [0.1, 0.15) is 12.2 Å². The first-order chi connectivity index (χ1) is 9.95. The molecule has 0 aliphatic rings. The maximum Gasteiger partial charge on any atom is 0.325 e. The molecule has 8 heteroatoms. The normalized spacial score (nSPS) is 10.9. The van der Waals surface area contributed by atoms with E-state index in [1.54, 1.807) is 0 Å². The molecule has 0 radical (unpaired) electrons. The van der Waals surface area contributed by atoms with Crippen molar-refractivity contribution in [3.8, 4) is 5.75 Å². The van der Waals surface area contributed by atoms with Crippen molar-refractivity contribution in [3.63, 3.8) is 0 Å². The van der Waals surface area contributed by atoms with Crippen LogP contribution in [0.15, 0.2) is 30.5 Å². The molecule has 0 aliphatic carbocycles. The minimum absolute atomic E-state index is 0.0690. The third-order valence-electron chi connectivity index (χ3n) is 2.49. The van der Waals surface area contributed by atoms with Gasteiger partial charge in [0.25, 0.3) is 0 Å². The Balaban J connectivity index is 2.09. The molecule has 0 aliphatic heterocycles. The molecule has 0 spiro atoms. The smallest absolute Gasteiger partial charge is 0.325 e. The van der Waals surface area contributed by atoms with Gasteiger partial charge in [0.15, 0.2) is 17.3 Å². The largest absolute Gasteiger partial charge is 0.505 e. The molecule has 21 heavy (non-hydrogen) atoms.